The van der Waals surface area contributed by atoms with E-state index in [-0.39, 0.29) is 24.4 Å². The quantitative estimate of drug-likeness (QED) is 0.270. The number of aromatic amines is 1. The zero-order valence-electron chi connectivity index (χ0n) is 29.4. The molecule has 1 aromatic rings. The lowest BCUT2D eigenvalue weighted by atomic mass is 10.1. The predicted molar refractivity (Wildman–Crippen MR) is 176 cm³/mol. The van der Waals surface area contributed by atoms with Crippen molar-refractivity contribution in [1.82, 2.24) is 19.0 Å². The zero-order chi connectivity index (χ0) is 36.9. The summed E-state index contributed by atoms with van der Waals surface area (Å²) in [7, 11) is -5.72. The lowest BCUT2D eigenvalue weighted by Crippen LogP contribution is -2.79. The van der Waals surface area contributed by atoms with Crippen LogP contribution in [0, 0.1) is 5.82 Å². The molecule has 18 heteroatoms. The number of hydrogen-bond acceptors (Lipinski definition) is 10. The molecule has 0 aromatic carbocycles. The van der Waals surface area contributed by atoms with Crippen LogP contribution in [0.2, 0.25) is 36.3 Å². The number of H-pyrrole nitrogens is 1. The first-order valence-corrected chi connectivity index (χ1v) is 22.0. The Bertz CT molecular complexity index is 1480. The molecule has 0 saturated carbocycles. The number of imide groups is 1. The standard InChI is InChI=1S/C21H41FN2O5Si2.C9H11FN2O5/c1-19(2,3)30(7,8)21(22)13-23(16-11-14(26)15(12-25)29-16)18(28)24(17(21)27)31(9,10)20(4,5)6;10-4-2-12(9(16)11-8(4)15)7-1-5(14)6(3-13)17-7/h14-16,25-26H,11-13H2,1-10H3;2,5-7,13-14H,1,3H2,(H,11,15,16)/t14-,15+,16+,21?;5-,6+,7+/m00/s1. The van der Waals surface area contributed by atoms with E-state index in [1.165, 1.54) is 9.47 Å². The van der Waals surface area contributed by atoms with E-state index in [1.54, 1.807) is 4.98 Å². The maximum atomic E-state index is 17.1. The number of aromatic nitrogens is 2. The maximum absolute atomic E-state index is 17.1. The summed E-state index contributed by atoms with van der Waals surface area (Å²) in [5.41, 5.74) is -1.93. The van der Waals surface area contributed by atoms with Gasteiger partial charge in [-0.3, -0.25) is 28.6 Å². The number of nitrogens with one attached hydrogen (secondary N) is 1. The Labute approximate surface area is 280 Å². The second-order valence-corrected chi connectivity index (χ2v) is 26.5. The molecule has 274 valence electrons. The van der Waals surface area contributed by atoms with Crippen LogP contribution in [0.25, 0.3) is 0 Å². The second-order valence-electron chi connectivity index (χ2n) is 15.9. The van der Waals surface area contributed by atoms with E-state index in [1.807, 2.05) is 67.7 Å². The Kier molecular flexibility index (Phi) is 11.5. The Morgan fingerprint density at radius 2 is 1.38 bits per heavy atom. The second kappa shape index (κ2) is 13.8. The van der Waals surface area contributed by atoms with Crippen LogP contribution in [0.1, 0.15) is 60.6 Å². The number of rotatable bonds is 6. The Morgan fingerprint density at radius 3 is 1.81 bits per heavy atom. The lowest BCUT2D eigenvalue weighted by Gasteiger charge is -2.57. The van der Waals surface area contributed by atoms with Crippen LogP contribution >= 0.6 is 0 Å². The minimum absolute atomic E-state index is 0.0383. The third-order valence-electron chi connectivity index (χ3n) is 11.0. The van der Waals surface area contributed by atoms with Crippen LogP contribution in [-0.4, -0.2) is 123 Å². The number of aliphatic hydroxyl groups excluding tert-OH is 4. The summed E-state index contributed by atoms with van der Waals surface area (Å²) in [6.45, 7) is 18.1. The third-order valence-corrected chi connectivity index (χ3v) is 22.3. The molecule has 0 aliphatic carbocycles. The number of carbonyl (C=O) groups is 2. The van der Waals surface area contributed by atoms with Crippen molar-refractivity contribution in [2.24, 2.45) is 0 Å². The van der Waals surface area contributed by atoms with E-state index in [0.29, 0.717) is 0 Å². The van der Waals surface area contributed by atoms with Crippen molar-refractivity contribution in [2.45, 2.75) is 133 Å². The molecule has 3 aliphatic heterocycles. The highest BCUT2D eigenvalue weighted by molar-refractivity contribution is 6.88. The number of nitrogens with zero attached hydrogens (tertiary/aromatic N) is 3. The number of halogens is 2. The first kappa shape index (κ1) is 40.1. The average Bonchev–Trinajstić information content (AvgIpc) is 3.52. The van der Waals surface area contributed by atoms with E-state index in [2.05, 4.69) is 0 Å². The number of aliphatic hydroxyl groups is 4. The van der Waals surface area contributed by atoms with Gasteiger partial charge in [-0.1, -0.05) is 67.7 Å². The Morgan fingerprint density at radius 1 is 0.896 bits per heavy atom. The van der Waals surface area contributed by atoms with Gasteiger partial charge < -0.3 is 29.9 Å². The van der Waals surface area contributed by atoms with E-state index in [4.69, 9.17) is 14.6 Å². The lowest BCUT2D eigenvalue weighted by molar-refractivity contribution is -0.142. The van der Waals surface area contributed by atoms with Crippen molar-refractivity contribution < 1.29 is 48.3 Å². The summed E-state index contributed by atoms with van der Waals surface area (Å²) < 4.78 is 43.1. The predicted octanol–water partition coefficient (Wildman–Crippen LogP) is 1.80. The van der Waals surface area contributed by atoms with Gasteiger partial charge in [0.1, 0.15) is 32.7 Å². The summed E-state index contributed by atoms with van der Waals surface area (Å²) >= 11 is 0. The molecule has 3 amide bonds. The molecular formula is C30H52F2N4O10Si2. The van der Waals surface area contributed by atoms with Crippen molar-refractivity contribution in [1.29, 1.82) is 0 Å². The SMILES string of the molecule is CC(C)(C)[Si](C)(C)N1C(=O)N([C@H]2C[C@H](O)[C@@H](CO)O2)CC(F)([Si](C)(C)C(C)(C)C)C1=O.O=c1[nH]c(=O)n([C@H]2C[C@H](O)[C@@H](CO)O2)cc1F. The van der Waals surface area contributed by atoms with Crippen LogP contribution in [-0.2, 0) is 14.3 Å². The van der Waals surface area contributed by atoms with Gasteiger partial charge in [0, 0.05) is 12.8 Å². The van der Waals surface area contributed by atoms with Gasteiger partial charge in [-0.05, 0) is 10.1 Å². The van der Waals surface area contributed by atoms with Crippen molar-refractivity contribution in [3.05, 3.63) is 32.9 Å². The van der Waals surface area contributed by atoms with Gasteiger partial charge in [0.05, 0.1) is 38.2 Å². The number of alkyl halides is 1. The molecule has 3 saturated heterocycles. The van der Waals surface area contributed by atoms with Crippen LogP contribution in [0.4, 0.5) is 13.6 Å². The average molecular weight is 723 g/mol. The van der Waals surface area contributed by atoms with Gasteiger partial charge in [-0.15, -0.1) is 0 Å². The normalized spacial score (nSPS) is 30.5. The van der Waals surface area contributed by atoms with Crippen LogP contribution < -0.4 is 11.2 Å². The first-order chi connectivity index (χ1) is 21.8. The highest BCUT2D eigenvalue weighted by Crippen LogP contribution is 2.50. The van der Waals surface area contributed by atoms with Crippen LogP contribution in [0.3, 0.4) is 0 Å². The topological polar surface area (TPSA) is 195 Å². The van der Waals surface area contributed by atoms with Gasteiger partial charge >= 0.3 is 11.7 Å². The first-order valence-electron chi connectivity index (χ1n) is 16.0. The molecular weight excluding hydrogens is 671 g/mol. The van der Waals surface area contributed by atoms with E-state index in [0.717, 1.165) is 10.8 Å². The van der Waals surface area contributed by atoms with Crippen molar-refractivity contribution in [2.75, 3.05) is 19.8 Å². The minimum atomic E-state index is -2.93. The van der Waals surface area contributed by atoms with Crippen molar-refractivity contribution in [3.8, 4) is 0 Å². The fourth-order valence-electron chi connectivity index (χ4n) is 5.67. The van der Waals surface area contributed by atoms with Crippen molar-refractivity contribution in [3.63, 3.8) is 0 Å². The number of carbonyl (C=O) groups excluding carboxylic acids is 2. The van der Waals surface area contributed by atoms with Gasteiger partial charge in [-0.25, -0.2) is 14.0 Å². The zero-order valence-corrected chi connectivity index (χ0v) is 31.4. The largest absolute Gasteiger partial charge is 0.394 e. The molecule has 3 fully saturated rings. The van der Waals surface area contributed by atoms with Gasteiger partial charge in [0.25, 0.3) is 11.5 Å². The van der Waals surface area contributed by atoms with Crippen LogP contribution in [0.15, 0.2) is 15.8 Å². The fraction of sp³-hybridized carbons (Fsp3) is 0.800. The number of urea groups is 1. The van der Waals surface area contributed by atoms with Gasteiger partial charge in [-0.2, -0.15) is 4.39 Å². The molecule has 48 heavy (non-hydrogen) atoms. The summed E-state index contributed by atoms with van der Waals surface area (Å²) in [6.07, 6.45) is -4.50. The molecule has 1 aromatic heterocycles. The molecule has 3 aliphatic rings. The summed E-state index contributed by atoms with van der Waals surface area (Å²) in [6, 6.07) is -0.556. The summed E-state index contributed by atoms with van der Waals surface area (Å²) in [4.78, 5) is 52.8. The molecule has 4 rings (SSSR count). The Hall–Kier alpha value is -2.33. The molecule has 7 atom stereocenters. The molecule has 14 nitrogen and oxygen atoms in total. The fourth-order valence-corrected chi connectivity index (χ4v) is 10.1. The number of ether oxygens (including phenoxy) is 2. The van der Waals surface area contributed by atoms with Crippen LogP contribution in [0.5, 0.6) is 0 Å². The molecule has 0 bridgehead atoms. The molecule has 4 heterocycles. The highest BCUT2D eigenvalue weighted by atomic mass is 28.3. The molecule has 0 radical (unpaired) electrons. The highest BCUT2D eigenvalue weighted by Gasteiger charge is 2.67. The van der Waals surface area contributed by atoms with Crippen molar-refractivity contribution >= 4 is 28.2 Å². The monoisotopic (exact) mass is 722 g/mol. The Balaban J connectivity index is 0.000000308. The van der Waals surface area contributed by atoms with E-state index in [9.17, 15) is 38.9 Å². The third kappa shape index (κ3) is 7.12. The van der Waals surface area contributed by atoms with Gasteiger partial charge in [0.15, 0.2) is 13.5 Å². The van der Waals surface area contributed by atoms with E-state index >= 15 is 4.39 Å². The minimum Gasteiger partial charge on any atom is -0.394 e. The molecule has 1 unspecified atom stereocenters. The summed E-state index contributed by atoms with van der Waals surface area (Å²) in [5, 5.41) is 35.0. The smallest absolute Gasteiger partial charge is 0.330 e. The van der Waals surface area contributed by atoms with Gasteiger partial charge in [0.2, 0.25) is 5.82 Å². The molecule has 5 N–H and O–H groups in total. The maximum Gasteiger partial charge on any atom is 0.330 e. The number of amides is 3. The molecule has 0 spiro atoms. The van der Waals surface area contributed by atoms with E-state index < -0.39 is 106 Å². The number of hydrogen-bond donors (Lipinski definition) is 5. The summed E-state index contributed by atoms with van der Waals surface area (Å²) in [5.74, 6) is -1.83.